The van der Waals surface area contributed by atoms with E-state index in [0.717, 1.165) is 23.4 Å². The molecule has 228 valence electrons. The van der Waals surface area contributed by atoms with Crippen molar-refractivity contribution in [2.45, 2.75) is 9.79 Å². The Morgan fingerprint density at radius 1 is 0.723 bits per heavy atom. The molecule has 7 aromatic rings. The summed E-state index contributed by atoms with van der Waals surface area (Å²) in [4.78, 5) is 5.11. The SMILES string of the molecule is O=S(=O)([O-])c1cc2nc3c4cccc(SOO[O-])c4c(Nc4ccccc4)cc3[n+](-c3ccccc3)c2cc1Nc1ccccc1.[Na+]. The average molecular weight is 671 g/mol. The van der Waals surface area contributed by atoms with E-state index in [2.05, 4.69) is 15.7 Å². The van der Waals surface area contributed by atoms with Crippen molar-refractivity contribution in [3.05, 3.63) is 127 Å². The molecule has 0 radical (unpaired) electrons. The zero-order valence-corrected chi connectivity index (χ0v) is 28.4. The largest absolute Gasteiger partial charge is 1.00 e. The Morgan fingerprint density at radius 3 is 1.94 bits per heavy atom. The van der Waals surface area contributed by atoms with Gasteiger partial charge in [-0.25, -0.2) is 13.4 Å². The van der Waals surface area contributed by atoms with Crippen molar-refractivity contribution in [1.82, 2.24) is 4.98 Å². The fourth-order valence-corrected chi connectivity index (χ4v) is 6.69. The van der Waals surface area contributed by atoms with Gasteiger partial charge in [0.15, 0.2) is 0 Å². The van der Waals surface area contributed by atoms with E-state index in [9.17, 15) is 18.2 Å². The molecule has 7 rings (SSSR count). The third-order valence-electron chi connectivity index (χ3n) is 7.41. The molecule has 0 aliphatic carbocycles. The first-order valence-electron chi connectivity index (χ1n) is 14.0. The van der Waals surface area contributed by atoms with Gasteiger partial charge in [0.1, 0.15) is 21.2 Å². The topological polar surface area (TPSA) is 140 Å². The van der Waals surface area contributed by atoms with Gasteiger partial charge in [0.25, 0.3) is 0 Å². The van der Waals surface area contributed by atoms with Gasteiger partial charge < -0.3 is 20.4 Å². The molecule has 2 N–H and O–H groups in total. The molecular weight excluding hydrogens is 648 g/mol. The first-order chi connectivity index (χ1) is 22.4. The summed E-state index contributed by atoms with van der Waals surface area (Å²) in [6.45, 7) is 0. The normalized spacial score (nSPS) is 11.4. The second-order valence-electron chi connectivity index (χ2n) is 10.2. The molecule has 0 spiro atoms. The van der Waals surface area contributed by atoms with Crippen LogP contribution in [0.25, 0.3) is 38.5 Å². The van der Waals surface area contributed by atoms with Crippen molar-refractivity contribution in [2.75, 3.05) is 10.6 Å². The number of para-hydroxylation sites is 3. The van der Waals surface area contributed by atoms with Crippen molar-refractivity contribution >= 4 is 77.7 Å². The van der Waals surface area contributed by atoms with Crippen LogP contribution < -0.4 is 50.0 Å². The Balaban J connectivity index is 0.00000386. The van der Waals surface area contributed by atoms with E-state index in [1.165, 1.54) is 6.07 Å². The minimum Gasteiger partial charge on any atom is -0.744 e. The Kier molecular flexibility index (Phi) is 9.75. The Hall–Kier alpha value is -4.08. The maximum absolute atomic E-state index is 12.6. The van der Waals surface area contributed by atoms with E-state index in [1.807, 2.05) is 83.4 Å². The van der Waals surface area contributed by atoms with E-state index < -0.39 is 15.0 Å². The Bertz CT molecular complexity index is 2330. The molecule has 0 aliphatic rings. The van der Waals surface area contributed by atoms with Crippen molar-refractivity contribution in [3.8, 4) is 5.69 Å². The molecule has 0 amide bonds. The number of hydrogen-bond acceptors (Lipinski definition) is 10. The number of hydrogen-bond donors (Lipinski definition) is 2. The number of nitrogens with zero attached hydrogens (tertiary/aromatic N) is 2. The fourth-order valence-electron chi connectivity index (χ4n) is 5.52. The number of benzene rings is 6. The standard InChI is InChI=1S/C34H24N4O6S2.Na/c39-43-44-45-31-18-10-17-25-33(31)28(36-23-13-6-2-7-14-23)20-30-34(25)37-26-21-32(46(40,41)42)27(35-22-11-4-1-5-12-22)19-29(26)38(30)24-15-8-3-9-16-24;/h1-21H,(H3,35,36,39,40,41,42);/q;+1/p-1. The summed E-state index contributed by atoms with van der Waals surface area (Å²) in [5, 5.41) is 22.4. The molecule has 0 bridgehead atoms. The van der Waals surface area contributed by atoms with Crippen LogP contribution in [-0.4, -0.2) is 18.0 Å². The van der Waals surface area contributed by atoms with E-state index >= 15 is 0 Å². The van der Waals surface area contributed by atoms with E-state index in [1.54, 1.807) is 42.5 Å². The van der Waals surface area contributed by atoms with Crippen molar-refractivity contribution in [3.63, 3.8) is 0 Å². The predicted molar refractivity (Wildman–Crippen MR) is 174 cm³/mol. The van der Waals surface area contributed by atoms with Crippen LogP contribution >= 0.6 is 12.0 Å². The predicted octanol–water partition coefficient (Wildman–Crippen LogP) is 3.44. The van der Waals surface area contributed by atoms with Gasteiger partial charge >= 0.3 is 29.6 Å². The molecule has 0 atom stereocenters. The second kappa shape index (κ2) is 14.0. The third kappa shape index (κ3) is 6.69. The van der Waals surface area contributed by atoms with Crippen molar-refractivity contribution < 1.29 is 61.7 Å². The summed E-state index contributed by atoms with van der Waals surface area (Å²) >= 11 is 0.758. The van der Waals surface area contributed by atoms with Crippen molar-refractivity contribution in [2.24, 2.45) is 0 Å². The van der Waals surface area contributed by atoms with Gasteiger partial charge in [0, 0.05) is 51.3 Å². The summed E-state index contributed by atoms with van der Waals surface area (Å²) in [5.41, 5.74) is 5.08. The molecule has 10 nitrogen and oxygen atoms in total. The zero-order chi connectivity index (χ0) is 31.7. The minimum absolute atomic E-state index is 0. The van der Waals surface area contributed by atoms with Crippen LogP contribution in [0.2, 0.25) is 0 Å². The number of aromatic nitrogens is 2. The number of anilines is 4. The van der Waals surface area contributed by atoms with Crippen LogP contribution in [0.15, 0.2) is 137 Å². The van der Waals surface area contributed by atoms with E-state index in [0.29, 0.717) is 43.6 Å². The number of fused-ring (bicyclic) bond motifs is 4. The molecular formula is C34H23N4NaO6S2. The van der Waals surface area contributed by atoms with E-state index in [4.69, 9.17) is 9.32 Å². The average Bonchev–Trinajstić information content (AvgIpc) is 3.07. The van der Waals surface area contributed by atoms with Crippen LogP contribution in [0, 0.1) is 0 Å². The minimum atomic E-state index is -4.91. The van der Waals surface area contributed by atoms with Gasteiger partial charge in [-0.05, 0) is 36.4 Å². The summed E-state index contributed by atoms with van der Waals surface area (Å²) in [7, 11) is -4.91. The van der Waals surface area contributed by atoms with Crippen molar-refractivity contribution in [1.29, 1.82) is 0 Å². The molecule has 0 saturated heterocycles. The van der Waals surface area contributed by atoms with Crippen LogP contribution in [0.1, 0.15) is 0 Å². The van der Waals surface area contributed by atoms with Crippen LogP contribution in [0.3, 0.4) is 0 Å². The summed E-state index contributed by atoms with van der Waals surface area (Å²) < 4.78 is 44.5. The smallest absolute Gasteiger partial charge is 0.744 e. The molecule has 0 unspecified atom stereocenters. The summed E-state index contributed by atoms with van der Waals surface area (Å²) in [6, 6.07) is 38.5. The number of nitrogens with one attached hydrogen (secondary N) is 2. The quantitative estimate of drug-likeness (QED) is 0.0343. The maximum atomic E-state index is 12.6. The van der Waals surface area contributed by atoms with E-state index in [-0.39, 0.29) is 40.8 Å². The maximum Gasteiger partial charge on any atom is 1.00 e. The van der Waals surface area contributed by atoms with Crippen LogP contribution in [0.5, 0.6) is 0 Å². The molecule has 13 heteroatoms. The Morgan fingerprint density at radius 2 is 1.32 bits per heavy atom. The fraction of sp³-hybridized carbons (Fsp3) is 0. The summed E-state index contributed by atoms with van der Waals surface area (Å²) in [6.07, 6.45) is 0. The van der Waals surface area contributed by atoms with Gasteiger partial charge in [-0.3, -0.25) is 5.04 Å². The molecule has 1 aromatic heterocycles. The first kappa shape index (κ1) is 32.8. The molecule has 47 heavy (non-hydrogen) atoms. The molecule has 6 aromatic carbocycles. The van der Waals surface area contributed by atoms with Gasteiger partial charge in [-0.2, -0.15) is 4.33 Å². The van der Waals surface area contributed by atoms with Crippen LogP contribution in [-0.2, 0) is 19.5 Å². The van der Waals surface area contributed by atoms with Gasteiger partial charge in [-0.1, -0.05) is 66.7 Å². The molecule has 1 heterocycles. The molecule has 0 saturated carbocycles. The Labute approximate surface area is 296 Å². The van der Waals surface area contributed by atoms with Gasteiger partial charge in [0.2, 0.25) is 16.7 Å². The summed E-state index contributed by atoms with van der Waals surface area (Å²) in [5.74, 6) is 0. The monoisotopic (exact) mass is 670 g/mol. The number of rotatable bonds is 9. The van der Waals surface area contributed by atoms with Gasteiger partial charge in [0.05, 0.1) is 28.3 Å². The van der Waals surface area contributed by atoms with Crippen LogP contribution in [0.4, 0.5) is 22.7 Å². The third-order valence-corrected chi connectivity index (χ3v) is 8.93. The second-order valence-corrected chi connectivity index (χ2v) is 12.3. The molecule has 0 aliphatic heterocycles. The zero-order valence-electron chi connectivity index (χ0n) is 24.8. The van der Waals surface area contributed by atoms with Gasteiger partial charge in [-0.15, -0.1) is 4.57 Å². The first-order valence-corrected chi connectivity index (χ1v) is 16.1. The molecule has 0 fully saturated rings.